The first kappa shape index (κ1) is 23.1. The fourth-order valence-electron chi connectivity index (χ4n) is 4.88. The Bertz CT molecular complexity index is 1120. The first-order valence-electron chi connectivity index (χ1n) is 11.3. The topological polar surface area (TPSA) is 133 Å². The van der Waals surface area contributed by atoms with Crippen LogP contribution in [-0.2, 0) is 11.0 Å². The summed E-state index contributed by atoms with van der Waals surface area (Å²) in [6, 6.07) is 3.46. The number of anilines is 1. The van der Waals surface area contributed by atoms with Gasteiger partial charge in [0.1, 0.15) is 11.8 Å². The molecule has 0 spiro atoms. The molecule has 35 heavy (non-hydrogen) atoms. The number of primary amides is 1. The van der Waals surface area contributed by atoms with Crippen molar-refractivity contribution < 1.29 is 32.2 Å². The van der Waals surface area contributed by atoms with E-state index in [4.69, 9.17) is 15.2 Å². The number of alkyl halides is 3. The van der Waals surface area contributed by atoms with Crippen LogP contribution in [0.15, 0.2) is 24.4 Å². The van der Waals surface area contributed by atoms with E-state index >= 15 is 0 Å². The van der Waals surface area contributed by atoms with Crippen molar-refractivity contribution in [3.8, 4) is 11.8 Å². The zero-order chi connectivity index (χ0) is 24.7. The number of carbonyl (C=O) groups is 2. The van der Waals surface area contributed by atoms with E-state index in [0.29, 0.717) is 25.8 Å². The molecule has 13 heteroatoms. The Morgan fingerprint density at radius 2 is 1.83 bits per heavy atom. The summed E-state index contributed by atoms with van der Waals surface area (Å²) in [4.78, 5) is 38.4. The van der Waals surface area contributed by atoms with Crippen LogP contribution in [0.1, 0.15) is 48.2 Å². The molecular formula is C22H23F3N6O4. The van der Waals surface area contributed by atoms with Gasteiger partial charge >= 0.3 is 6.18 Å². The molecule has 10 nitrogen and oxygen atoms in total. The van der Waals surface area contributed by atoms with Gasteiger partial charge in [-0.2, -0.15) is 18.2 Å². The van der Waals surface area contributed by atoms with E-state index in [9.17, 15) is 22.8 Å². The predicted octanol–water partition coefficient (Wildman–Crippen LogP) is 1.84. The number of rotatable bonds is 6. The van der Waals surface area contributed by atoms with Crippen molar-refractivity contribution in [1.29, 1.82) is 0 Å². The Hall–Kier alpha value is -3.64. The summed E-state index contributed by atoms with van der Waals surface area (Å²) < 4.78 is 49.9. The molecule has 0 radical (unpaired) electrons. The number of hydrogen-bond acceptors (Lipinski definition) is 8. The zero-order valence-electron chi connectivity index (χ0n) is 18.5. The summed E-state index contributed by atoms with van der Waals surface area (Å²) in [7, 11) is 0. The normalized spacial score (nSPS) is 25.9. The number of amides is 2. The third-order valence-electron chi connectivity index (χ3n) is 6.48. The van der Waals surface area contributed by atoms with Gasteiger partial charge in [-0.1, -0.05) is 0 Å². The second-order valence-corrected chi connectivity index (χ2v) is 8.83. The summed E-state index contributed by atoms with van der Waals surface area (Å²) in [6.07, 6.45) is -1.36. The zero-order valence-corrected chi connectivity index (χ0v) is 18.5. The Labute approximate surface area is 198 Å². The Kier molecular flexibility index (Phi) is 5.85. The van der Waals surface area contributed by atoms with Crippen molar-refractivity contribution in [3.63, 3.8) is 0 Å². The minimum atomic E-state index is -4.46. The highest BCUT2D eigenvalue weighted by atomic mass is 19.4. The predicted molar refractivity (Wildman–Crippen MR) is 115 cm³/mol. The van der Waals surface area contributed by atoms with Gasteiger partial charge in [0, 0.05) is 56.2 Å². The second kappa shape index (κ2) is 8.86. The number of pyridine rings is 1. The summed E-state index contributed by atoms with van der Waals surface area (Å²) in [5.41, 5.74) is 4.61. The molecule has 2 amide bonds. The maximum Gasteiger partial charge on any atom is 0.417 e. The molecule has 0 unspecified atom stereocenters. The van der Waals surface area contributed by atoms with E-state index in [1.807, 2.05) is 4.90 Å². The molecule has 3 aliphatic heterocycles. The van der Waals surface area contributed by atoms with Gasteiger partial charge in [-0.05, 0) is 18.9 Å². The standard InChI is InChI=1S/C22H23F3N6O4/c23-22(24,25)11-1-4-17(28-10-11)34-14-7-12-2-3-13(8-14)31(12)21-29-15(19(26)32)9-18(30-21)35-16-5-6-27-20(16)33/h1,4,9-10,12-14,16H,2-3,5-8H2,(H2,26,32)(H,27,33)/t12-,13+,14+,16-/m0/s1. The van der Waals surface area contributed by atoms with E-state index < -0.39 is 23.8 Å². The monoisotopic (exact) mass is 492 g/mol. The smallest absolute Gasteiger partial charge is 0.417 e. The summed E-state index contributed by atoms with van der Waals surface area (Å²) in [5.74, 6) is -0.478. The molecule has 4 atom stereocenters. The maximum atomic E-state index is 12.8. The van der Waals surface area contributed by atoms with Crippen LogP contribution in [0.25, 0.3) is 0 Å². The van der Waals surface area contributed by atoms with Crippen molar-refractivity contribution in [2.75, 3.05) is 11.4 Å². The highest BCUT2D eigenvalue weighted by Gasteiger charge is 2.43. The average molecular weight is 492 g/mol. The molecule has 2 aromatic rings. The molecule has 0 aliphatic carbocycles. The number of nitrogens with one attached hydrogen (secondary N) is 1. The fourth-order valence-corrected chi connectivity index (χ4v) is 4.88. The van der Waals surface area contributed by atoms with Crippen LogP contribution >= 0.6 is 0 Å². The SMILES string of the molecule is NC(=O)c1cc(O[C@H]2CCNC2=O)nc(N2[C@@H]3CC[C@H]2C[C@@H](Oc2ccc(C(F)(F)F)cn2)C3)n1. The third-order valence-corrected chi connectivity index (χ3v) is 6.48. The number of nitrogens with two attached hydrogens (primary N) is 1. The molecular weight excluding hydrogens is 469 g/mol. The lowest BCUT2D eigenvalue weighted by Crippen LogP contribution is -2.47. The first-order valence-corrected chi connectivity index (χ1v) is 11.3. The van der Waals surface area contributed by atoms with Crippen LogP contribution in [-0.4, -0.2) is 57.6 Å². The van der Waals surface area contributed by atoms with Crippen LogP contribution in [0, 0.1) is 0 Å². The molecule has 5 rings (SSSR count). The highest BCUT2D eigenvalue weighted by molar-refractivity contribution is 5.91. The number of hydrogen-bond donors (Lipinski definition) is 2. The van der Waals surface area contributed by atoms with Crippen molar-refractivity contribution in [3.05, 3.63) is 35.7 Å². The second-order valence-electron chi connectivity index (χ2n) is 8.83. The highest BCUT2D eigenvalue weighted by Crippen LogP contribution is 2.40. The van der Waals surface area contributed by atoms with E-state index in [1.54, 1.807) is 0 Å². The lowest BCUT2D eigenvalue weighted by atomic mass is 10.00. The van der Waals surface area contributed by atoms with E-state index in [1.165, 1.54) is 12.1 Å². The van der Waals surface area contributed by atoms with Crippen LogP contribution < -0.4 is 25.4 Å². The van der Waals surface area contributed by atoms with Crippen LogP contribution in [0.4, 0.5) is 19.1 Å². The van der Waals surface area contributed by atoms with Gasteiger partial charge < -0.3 is 25.4 Å². The number of ether oxygens (including phenoxy) is 2. The average Bonchev–Trinajstić information content (AvgIpc) is 3.33. The van der Waals surface area contributed by atoms with Gasteiger partial charge in [0.25, 0.3) is 11.8 Å². The van der Waals surface area contributed by atoms with Gasteiger partial charge in [0.2, 0.25) is 17.7 Å². The van der Waals surface area contributed by atoms with E-state index in [0.717, 1.165) is 25.1 Å². The van der Waals surface area contributed by atoms with Gasteiger partial charge in [0.15, 0.2) is 6.10 Å². The minimum Gasteiger partial charge on any atom is -0.474 e. The minimum absolute atomic E-state index is 0.0149. The molecule has 2 aromatic heterocycles. The molecule has 0 aromatic carbocycles. The maximum absolute atomic E-state index is 12.8. The van der Waals surface area contributed by atoms with Gasteiger partial charge in [-0.15, -0.1) is 0 Å². The molecule has 3 fully saturated rings. The molecule has 5 heterocycles. The van der Waals surface area contributed by atoms with Gasteiger partial charge in [0.05, 0.1) is 5.56 Å². The summed E-state index contributed by atoms with van der Waals surface area (Å²) in [5, 5.41) is 2.68. The number of fused-ring (bicyclic) bond motifs is 2. The van der Waals surface area contributed by atoms with Gasteiger partial charge in [-0.3, -0.25) is 9.59 Å². The molecule has 2 bridgehead atoms. The molecule has 3 N–H and O–H groups in total. The van der Waals surface area contributed by atoms with E-state index in [-0.39, 0.29) is 47.5 Å². The van der Waals surface area contributed by atoms with Crippen molar-refractivity contribution in [1.82, 2.24) is 20.3 Å². The lowest BCUT2D eigenvalue weighted by Gasteiger charge is -2.38. The van der Waals surface area contributed by atoms with Gasteiger partial charge in [-0.25, -0.2) is 9.97 Å². The number of aromatic nitrogens is 3. The number of nitrogens with zero attached hydrogens (tertiary/aromatic N) is 4. The van der Waals surface area contributed by atoms with E-state index in [2.05, 4.69) is 20.3 Å². The van der Waals surface area contributed by atoms with Crippen LogP contribution in [0.5, 0.6) is 11.8 Å². The number of halogens is 3. The first-order chi connectivity index (χ1) is 16.7. The molecule has 3 aliphatic rings. The Morgan fingerprint density at radius 3 is 2.40 bits per heavy atom. The fraction of sp³-hybridized carbons (Fsp3) is 0.500. The number of piperidine rings is 1. The largest absolute Gasteiger partial charge is 0.474 e. The third kappa shape index (κ3) is 4.80. The van der Waals surface area contributed by atoms with Crippen LogP contribution in [0.3, 0.4) is 0 Å². The molecule has 186 valence electrons. The Morgan fingerprint density at radius 1 is 1.09 bits per heavy atom. The molecule has 0 saturated carbocycles. The van der Waals surface area contributed by atoms with Crippen molar-refractivity contribution in [2.24, 2.45) is 5.73 Å². The molecule has 3 saturated heterocycles. The van der Waals surface area contributed by atoms with Crippen molar-refractivity contribution >= 4 is 17.8 Å². The summed E-state index contributed by atoms with van der Waals surface area (Å²) in [6.45, 7) is 0.496. The summed E-state index contributed by atoms with van der Waals surface area (Å²) >= 11 is 0. The lowest BCUT2D eigenvalue weighted by molar-refractivity contribution is -0.137. The Balaban J connectivity index is 1.32. The quantitative estimate of drug-likeness (QED) is 0.624. The van der Waals surface area contributed by atoms with Crippen LogP contribution in [0.2, 0.25) is 0 Å². The number of carbonyl (C=O) groups excluding carboxylic acids is 2. The van der Waals surface area contributed by atoms with Crippen molar-refractivity contribution in [2.45, 2.75) is 62.6 Å².